The predicted molar refractivity (Wildman–Crippen MR) is 105 cm³/mol. The van der Waals surface area contributed by atoms with Gasteiger partial charge in [0.2, 0.25) is 3.79 Å². The van der Waals surface area contributed by atoms with Crippen molar-refractivity contribution in [2.75, 3.05) is 6.61 Å². The topological polar surface area (TPSA) is 111 Å². The first-order chi connectivity index (χ1) is 13.2. The van der Waals surface area contributed by atoms with E-state index in [-0.39, 0.29) is 19.0 Å². The van der Waals surface area contributed by atoms with Crippen molar-refractivity contribution in [3.05, 3.63) is 58.0 Å². The Morgan fingerprint density at radius 1 is 1.36 bits per heavy atom. The van der Waals surface area contributed by atoms with Gasteiger partial charge in [-0.25, -0.2) is 14.3 Å². The number of aromatic nitrogens is 2. The molecule has 0 radical (unpaired) electrons. The summed E-state index contributed by atoms with van der Waals surface area (Å²) in [6, 6.07) is 9.35. The van der Waals surface area contributed by atoms with Crippen molar-refractivity contribution in [3.8, 4) is 0 Å². The van der Waals surface area contributed by atoms with E-state index in [2.05, 4.69) is 15.6 Å². The molecule has 1 aromatic carbocycles. The fraction of sp³-hybridized carbons (Fsp3) is 0.375. The van der Waals surface area contributed by atoms with Crippen LogP contribution in [0.4, 0.5) is 10.6 Å². The number of nitrogens with one attached hydrogen (secondary N) is 2. The lowest BCUT2D eigenvalue weighted by atomic mass is 10.2. The zero-order valence-corrected chi connectivity index (χ0v) is 17.0. The smallest absolute Gasteiger partial charge is 0.408 e. The molecule has 0 saturated carbocycles. The molecule has 1 amide bonds. The van der Waals surface area contributed by atoms with Gasteiger partial charge < -0.3 is 20.2 Å². The van der Waals surface area contributed by atoms with Gasteiger partial charge in [0, 0.05) is 13.5 Å². The maximum absolute atomic E-state index is 12.0. The molecule has 9 nitrogen and oxygen atoms in total. The zero-order valence-electron chi connectivity index (χ0n) is 14.8. The maximum Gasteiger partial charge on any atom is 0.408 e. The Labute approximate surface area is 176 Å². The van der Waals surface area contributed by atoms with Gasteiger partial charge in [-0.15, -0.1) is 0 Å². The van der Waals surface area contributed by atoms with Crippen LogP contribution in [0.15, 0.2) is 36.5 Å². The SMILES string of the molecule is Cc1ncc([N+](=O)[O-])n1CCOC(=O)N[C@@H](NCc1ccccc1)C(Cl)(Cl)Cl. The van der Waals surface area contributed by atoms with Crippen molar-refractivity contribution in [3.63, 3.8) is 0 Å². The molecule has 0 aliphatic heterocycles. The normalized spacial score (nSPS) is 12.4. The number of nitrogens with zero attached hydrogens (tertiary/aromatic N) is 3. The Kier molecular flexibility index (Phi) is 7.88. The number of alkyl halides is 3. The number of imidazole rings is 1. The first-order valence-corrected chi connectivity index (χ1v) is 9.25. The van der Waals surface area contributed by atoms with Gasteiger partial charge in [-0.2, -0.15) is 0 Å². The van der Waals surface area contributed by atoms with E-state index in [4.69, 9.17) is 39.5 Å². The summed E-state index contributed by atoms with van der Waals surface area (Å²) in [6.45, 7) is 1.89. The lowest BCUT2D eigenvalue weighted by molar-refractivity contribution is -0.392. The second kappa shape index (κ2) is 9.92. The van der Waals surface area contributed by atoms with Crippen LogP contribution >= 0.6 is 34.8 Å². The first kappa shape index (κ1) is 22.2. The van der Waals surface area contributed by atoms with Crippen molar-refractivity contribution in [1.29, 1.82) is 0 Å². The number of ether oxygens (including phenoxy) is 1. The molecule has 0 bridgehead atoms. The number of benzene rings is 1. The summed E-state index contributed by atoms with van der Waals surface area (Å²) in [7, 11) is 0. The van der Waals surface area contributed by atoms with Crippen LogP contribution in [0.2, 0.25) is 0 Å². The van der Waals surface area contributed by atoms with Gasteiger partial charge in [0.15, 0.2) is 5.82 Å². The van der Waals surface area contributed by atoms with E-state index in [0.717, 1.165) is 11.8 Å². The molecule has 0 unspecified atom stereocenters. The predicted octanol–water partition coefficient (Wildman–Crippen LogP) is 3.31. The van der Waals surface area contributed by atoms with E-state index in [1.54, 1.807) is 6.92 Å². The molecule has 28 heavy (non-hydrogen) atoms. The molecule has 2 rings (SSSR count). The number of amides is 1. The number of carbonyl (C=O) groups excluding carboxylic acids is 1. The number of rotatable bonds is 8. The van der Waals surface area contributed by atoms with Crippen LogP contribution < -0.4 is 10.6 Å². The fourth-order valence-electron chi connectivity index (χ4n) is 2.33. The summed E-state index contributed by atoms with van der Waals surface area (Å²) in [5, 5.41) is 16.3. The van der Waals surface area contributed by atoms with Crippen LogP contribution in [-0.2, 0) is 17.8 Å². The van der Waals surface area contributed by atoms with Gasteiger partial charge in [0.25, 0.3) is 0 Å². The molecule has 0 aliphatic carbocycles. The third kappa shape index (κ3) is 6.52. The van der Waals surface area contributed by atoms with Crippen LogP contribution in [0.5, 0.6) is 0 Å². The van der Waals surface area contributed by atoms with E-state index >= 15 is 0 Å². The molecule has 0 spiro atoms. The van der Waals surface area contributed by atoms with Crippen molar-refractivity contribution < 1.29 is 14.5 Å². The summed E-state index contributed by atoms with van der Waals surface area (Å²) in [6.07, 6.45) is -0.714. The number of carbonyl (C=O) groups is 1. The molecule has 2 N–H and O–H groups in total. The standard InChI is InChI=1S/C16H18Cl3N5O4/c1-11-20-10-13(24(26)27)23(11)7-8-28-15(25)22-14(16(17,18)19)21-9-12-5-3-2-4-6-12/h2-6,10,14,21H,7-9H2,1H3,(H,22,25)/t14-/m1/s1. The third-order valence-corrected chi connectivity index (χ3v) is 4.37. The number of hydrogen-bond donors (Lipinski definition) is 2. The Balaban J connectivity index is 1.88. The number of hydrogen-bond acceptors (Lipinski definition) is 6. The second-order valence-electron chi connectivity index (χ2n) is 5.69. The molecule has 1 aromatic heterocycles. The maximum atomic E-state index is 12.0. The molecule has 0 aliphatic rings. The lowest BCUT2D eigenvalue weighted by Crippen LogP contribution is -2.53. The Morgan fingerprint density at radius 2 is 2.04 bits per heavy atom. The Morgan fingerprint density at radius 3 is 2.64 bits per heavy atom. The van der Waals surface area contributed by atoms with E-state index in [0.29, 0.717) is 12.4 Å². The number of nitro groups is 1. The monoisotopic (exact) mass is 449 g/mol. The Hall–Kier alpha value is -2.07. The van der Waals surface area contributed by atoms with Crippen molar-refractivity contribution in [1.82, 2.24) is 20.2 Å². The number of halogens is 3. The summed E-state index contributed by atoms with van der Waals surface area (Å²) in [5.41, 5.74) is 0.930. The van der Waals surface area contributed by atoms with Crippen molar-refractivity contribution in [2.24, 2.45) is 0 Å². The minimum atomic E-state index is -1.83. The largest absolute Gasteiger partial charge is 0.445 e. The van der Waals surface area contributed by atoms with Crippen molar-refractivity contribution >= 4 is 46.7 Å². The molecule has 0 saturated heterocycles. The van der Waals surface area contributed by atoms with E-state index in [1.165, 1.54) is 4.57 Å². The molecule has 12 heteroatoms. The minimum absolute atomic E-state index is 0.0610. The molecule has 1 atom stereocenters. The average Bonchev–Trinajstić information content (AvgIpc) is 2.99. The molecular formula is C16H18Cl3N5O4. The molecule has 1 heterocycles. The van der Waals surface area contributed by atoms with Crippen LogP contribution in [0, 0.1) is 17.0 Å². The van der Waals surface area contributed by atoms with E-state index in [9.17, 15) is 14.9 Å². The average molecular weight is 451 g/mol. The number of aryl methyl sites for hydroxylation is 1. The third-order valence-electron chi connectivity index (χ3n) is 3.71. The summed E-state index contributed by atoms with van der Waals surface area (Å²) >= 11 is 17.7. The minimum Gasteiger partial charge on any atom is -0.445 e. The quantitative estimate of drug-likeness (QED) is 0.276. The van der Waals surface area contributed by atoms with Gasteiger partial charge in [-0.1, -0.05) is 65.1 Å². The first-order valence-electron chi connectivity index (χ1n) is 8.12. The van der Waals surface area contributed by atoms with Gasteiger partial charge in [-0.3, -0.25) is 5.32 Å². The highest BCUT2D eigenvalue weighted by Crippen LogP contribution is 2.29. The van der Waals surface area contributed by atoms with Crippen LogP contribution in [0.25, 0.3) is 0 Å². The Bertz CT molecular complexity index is 810. The van der Waals surface area contributed by atoms with Crippen molar-refractivity contribution in [2.45, 2.75) is 30.0 Å². The summed E-state index contributed by atoms with van der Waals surface area (Å²) in [4.78, 5) is 26.3. The molecular weight excluding hydrogens is 433 g/mol. The van der Waals surface area contributed by atoms with Crippen LogP contribution in [0.3, 0.4) is 0 Å². The molecule has 0 fully saturated rings. The van der Waals surface area contributed by atoms with Crippen LogP contribution in [0.1, 0.15) is 11.4 Å². The highest BCUT2D eigenvalue weighted by molar-refractivity contribution is 6.68. The number of alkyl carbamates (subject to hydrolysis) is 1. The molecule has 2 aromatic rings. The zero-order chi connectivity index (χ0) is 20.7. The molecule has 152 valence electrons. The van der Waals surface area contributed by atoms with E-state index in [1.807, 2.05) is 30.3 Å². The fourth-order valence-corrected chi connectivity index (χ4v) is 2.73. The highest BCUT2D eigenvalue weighted by Gasteiger charge is 2.34. The lowest BCUT2D eigenvalue weighted by Gasteiger charge is -2.26. The van der Waals surface area contributed by atoms with Gasteiger partial charge in [-0.05, 0) is 10.5 Å². The second-order valence-corrected chi connectivity index (χ2v) is 8.06. The van der Waals surface area contributed by atoms with E-state index < -0.39 is 21.0 Å². The highest BCUT2D eigenvalue weighted by atomic mass is 35.6. The van der Waals surface area contributed by atoms with Crippen LogP contribution in [-0.4, -0.2) is 37.1 Å². The van der Waals surface area contributed by atoms with Gasteiger partial charge >= 0.3 is 11.9 Å². The van der Waals surface area contributed by atoms with Gasteiger partial charge in [0.05, 0.1) is 0 Å². The van der Waals surface area contributed by atoms with Gasteiger partial charge in [0.1, 0.15) is 25.5 Å². The summed E-state index contributed by atoms with van der Waals surface area (Å²) < 4.78 is 4.55. The summed E-state index contributed by atoms with van der Waals surface area (Å²) in [5.74, 6) is 0.240.